The lowest BCUT2D eigenvalue weighted by Crippen LogP contribution is -2.30. The SMILES string of the molecule is Cc1nonc1CN1C(=O)C(=O)c2c(Cl)ccc(F)c21. The van der Waals surface area contributed by atoms with Gasteiger partial charge < -0.3 is 0 Å². The van der Waals surface area contributed by atoms with Gasteiger partial charge in [-0.2, -0.15) is 0 Å². The molecule has 1 aliphatic heterocycles. The minimum absolute atomic E-state index is 0.0391. The highest BCUT2D eigenvalue weighted by Crippen LogP contribution is 2.37. The van der Waals surface area contributed by atoms with E-state index in [1.165, 1.54) is 6.07 Å². The average molecular weight is 296 g/mol. The molecule has 3 rings (SSSR count). The molecular formula is C12H7ClFN3O3. The maximum atomic E-state index is 13.9. The van der Waals surface area contributed by atoms with Crippen molar-refractivity contribution in [3.05, 3.63) is 39.9 Å². The molecule has 6 nitrogen and oxygen atoms in total. The first kappa shape index (κ1) is 12.7. The van der Waals surface area contributed by atoms with Crippen LogP contribution in [0.3, 0.4) is 0 Å². The minimum Gasteiger partial charge on any atom is -0.296 e. The summed E-state index contributed by atoms with van der Waals surface area (Å²) in [7, 11) is 0. The molecule has 1 amide bonds. The first-order chi connectivity index (χ1) is 9.50. The molecule has 0 saturated carbocycles. The highest BCUT2D eigenvalue weighted by Gasteiger charge is 2.40. The zero-order valence-corrected chi connectivity index (χ0v) is 10.9. The van der Waals surface area contributed by atoms with Gasteiger partial charge in [0.05, 0.1) is 22.8 Å². The number of carbonyl (C=O) groups is 2. The van der Waals surface area contributed by atoms with Crippen LogP contribution < -0.4 is 4.90 Å². The van der Waals surface area contributed by atoms with Gasteiger partial charge in [-0.05, 0) is 19.1 Å². The molecule has 8 heteroatoms. The molecule has 0 N–H and O–H groups in total. The smallest absolute Gasteiger partial charge is 0.296 e. The van der Waals surface area contributed by atoms with Crippen LogP contribution in [0.2, 0.25) is 5.02 Å². The topological polar surface area (TPSA) is 76.3 Å². The summed E-state index contributed by atoms with van der Waals surface area (Å²) in [6, 6.07) is 2.35. The molecule has 102 valence electrons. The van der Waals surface area contributed by atoms with Crippen LogP contribution in [-0.4, -0.2) is 22.0 Å². The third-order valence-electron chi connectivity index (χ3n) is 3.07. The van der Waals surface area contributed by atoms with E-state index in [1.54, 1.807) is 6.92 Å². The summed E-state index contributed by atoms with van der Waals surface area (Å²) in [4.78, 5) is 24.9. The monoisotopic (exact) mass is 295 g/mol. The van der Waals surface area contributed by atoms with Gasteiger partial charge >= 0.3 is 0 Å². The largest absolute Gasteiger partial charge is 0.299 e. The Balaban J connectivity index is 2.11. The number of aryl methyl sites for hydroxylation is 1. The third kappa shape index (κ3) is 1.70. The van der Waals surface area contributed by atoms with Crippen molar-refractivity contribution >= 4 is 29.0 Å². The van der Waals surface area contributed by atoms with Gasteiger partial charge in [0.25, 0.3) is 11.7 Å². The van der Waals surface area contributed by atoms with Gasteiger partial charge in [-0.1, -0.05) is 21.9 Å². The first-order valence-corrected chi connectivity index (χ1v) is 6.00. The zero-order chi connectivity index (χ0) is 14.4. The van der Waals surface area contributed by atoms with Crippen molar-refractivity contribution in [2.45, 2.75) is 13.5 Å². The molecule has 0 radical (unpaired) electrons. The third-order valence-corrected chi connectivity index (χ3v) is 3.38. The van der Waals surface area contributed by atoms with Crippen molar-refractivity contribution in [2.75, 3.05) is 4.90 Å². The van der Waals surface area contributed by atoms with Gasteiger partial charge in [-0.3, -0.25) is 14.5 Å². The number of ketones is 1. The Morgan fingerprint density at radius 2 is 2.10 bits per heavy atom. The van der Waals surface area contributed by atoms with E-state index in [0.29, 0.717) is 11.4 Å². The quantitative estimate of drug-likeness (QED) is 0.791. The van der Waals surface area contributed by atoms with Crippen molar-refractivity contribution in [1.29, 1.82) is 0 Å². The van der Waals surface area contributed by atoms with Crippen LogP contribution in [0.15, 0.2) is 16.8 Å². The Kier molecular flexibility index (Phi) is 2.79. The molecule has 0 bridgehead atoms. The molecule has 20 heavy (non-hydrogen) atoms. The minimum atomic E-state index is -0.852. The van der Waals surface area contributed by atoms with E-state index in [-0.39, 0.29) is 22.8 Å². The highest BCUT2D eigenvalue weighted by atomic mass is 35.5. The molecule has 0 saturated heterocycles. The number of nitrogens with zero attached hydrogens (tertiary/aromatic N) is 3. The number of halogens is 2. The van der Waals surface area contributed by atoms with Crippen molar-refractivity contribution in [3.8, 4) is 0 Å². The van der Waals surface area contributed by atoms with Crippen LogP contribution in [-0.2, 0) is 11.3 Å². The molecule has 0 fully saturated rings. The summed E-state index contributed by atoms with van der Waals surface area (Å²) in [6.07, 6.45) is 0. The molecule has 0 spiro atoms. The Bertz CT molecular complexity index is 744. The summed E-state index contributed by atoms with van der Waals surface area (Å²) in [6.45, 7) is 1.52. The fraction of sp³-hybridized carbons (Fsp3) is 0.167. The number of carbonyl (C=O) groups excluding carboxylic acids is 2. The van der Waals surface area contributed by atoms with Crippen molar-refractivity contribution in [1.82, 2.24) is 10.3 Å². The molecule has 2 heterocycles. The van der Waals surface area contributed by atoms with Crippen molar-refractivity contribution in [3.63, 3.8) is 0 Å². The maximum absolute atomic E-state index is 13.9. The molecule has 0 unspecified atom stereocenters. The number of hydrogen-bond donors (Lipinski definition) is 0. The Hall–Kier alpha value is -2.28. The van der Waals surface area contributed by atoms with Gasteiger partial charge in [0.1, 0.15) is 17.2 Å². The second-order valence-corrected chi connectivity index (χ2v) is 4.68. The number of anilines is 1. The predicted molar refractivity (Wildman–Crippen MR) is 66.0 cm³/mol. The van der Waals surface area contributed by atoms with Crippen molar-refractivity contribution < 1.29 is 18.6 Å². The molecule has 1 aromatic heterocycles. The predicted octanol–water partition coefficient (Wildman–Crippen LogP) is 1.90. The number of Topliss-reactive ketones (excluding diaryl/α,β-unsaturated/α-hetero) is 1. The van der Waals surface area contributed by atoms with E-state index in [4.69, 9.17) is 11.6 Å². The van der Waals surface area contributed by atoms with E-state index in [1.807, 2.05) is 0 Å². The number of fused-ring (bicyclic) bond motifs is 1. The van der Waals surface area contributed by atoms with E-state index in [0.717, 1.165) is 11.0 Å². The molecule has 1 aliphatic rings. The standard InChI is InChI=1S/C12H7ClFN3O3/c1-5-8(16-20-15-5)4-17-10-7(14)3-2-6(13)9(10)11(18)12(17)19/h2-3H,4H2,1H3. The van der Waals surface area contributed by atoms with E-state index >= 15 is 0 Å². The molecule has 0 atom stereocenters. The number of hydrogen-bond acceptors (Lipinski definition) is 5. The van der Waals surface area contributed by atoms with Crippen molar-refractivity contribution in [2.24, 2.45) is 0 Å². The highest BCUT2D eigenvalue weighted by molar-refractivity contribution is 6.55. The molecule has 2 aromatic rings. The Labute approximate surface area is 117 Å². The van der Waals surface area contributed by atoms with E-state index in [2.05, 4.69) is 14.9 Å². The van der Waals surface area contributed by atoms with Crippen LogP contribution in [0.4, 0.5) is 10.1 Å². The van der Waals surface area contributed by atoms with Crippen LogP contribution in [0.25, 0.3) is 0 Å². The molecule has 1 aromatic carbocycles. The number of benzene rings is 1. The fourth-order valence-electron chi connectivity index (χ4n) is 2.05. The summed E-state index contributed by atoms with van der Waals surface area (Å²) in [5, 5.41) is 7.23. The zero-order valence-electron chi connectivity index (χ0n) is 10.2. The van der Waals surface area contributed by atoms with Crippen LogP contribution in [0.5, 0.6) is 0 Å². The Morgan fingerprint density at radius 1 is 1.35 bits per heavy atom. The summed E-state index contributed by atoms with van der Waals surface area (Å²) < 4.78 is 18.4. The summed E-state index contributed by atoms with van der Waals surface area (Å²) >= 11 is 5.87. The Morgan fingerprint density at radius 3 is 2.75 bits per heavy atom. The van der Waals surface area contributed by atoms with E-state index in [9.17, 15) is 14.0 Å². The number of aromatic nitrogens is 2. The lowest BCUT2D eigenvalue weighted by Gasteiger charge is -2.15. The van der Waals surface area contributed by atoms with Gasteiger partial charge in [0.2, 0.25) is 0 Å². The lowest BCUT2D eigenvalue weighted by atomic mass is 10.1. The fourth-order valence-corrected chi connectivity index (χ4v) is 2.28. The van der Waals surface area contributed by atoms with Crippen LogP contribution >= 0.6 is 11.6 Å². The van der Waals surface area contributed by atoms with Gasteiger partial charge in [-0.15, -0.1) is 0 Å². The first-order valence-electron chi connectivity index (χ1n) is 5.63. The number of rotatable bonds is 2. The average Bonchev–Trinajstić information content (AvgIpc) is 2.92. The maximum Gasteiger partial charge on any atom is 0.299 e. The second kappa shape index (κ2) is 4.38. The summed E-state index contributed by atoms with van der Waals surface area (Å²) in [5.74, 6) is -2.38. The van der Waals surface area contributed by atoms with Crippen LogP contribution in [0, 0.1) is 12.7 Å². The second-order valence-electron chi connectivity index (χ2n) is 4.27. The van der Waals surface area contributed by atoms with E-state index < -0.39 is 17.5 Å². The number of amides is 1. The van der Waals surface area contributed by atoms with Gasteiger partial charge in [0, 0.05) is 0 Å². The molecule has 0 aliphatic carbocycles. The normalized spacial score (nSPS) is 14.1. The van der Waals surface area contributed by atoms with Crippen LogP contribution in [0.1, 0.15) is 21.7 Å². The lowest BCUT2D eigenvalue weighted by molar-refractivity contribution is -0.114. The van der Waals surface area contributed by atoms with Gasteiger partial charge in [-0.25, -0.2) is 9.02 Å². The summed E-state index contributed by atoms with van der Waals surface area (Å²) in [5.41, 5.74) is 0.556. The molecular weight excluding hydrogens is 289 g/mol. The van der Waals surface area contributed by atoms with Gasteiger partial charge in [0.15, 0.2) is 0 Å².